The maximum Gasteiger partial charge on any atom is 0.257 e. The summed E-state index contributed by atoms with van der Waals surface area (Å²) >= 11 is 0. The van der Waals surface area contributed by atoms with Crippen LogP contribution in [-0.4, -0.2) is 36.3 Å². The molecule has 1 aliphatic carbocycles. The maximum atomic E-state index is 12.5. The van der Waals surface area contributed by atoms with Gasteiger partial charge in [-0.2, -0.15) is 5.10 Å². The fourth-order valence-corrected chi connectivity index (χ4v) is 5.17. The Morgan fingerprint density at radius 3 is 2.81 bits per heavy atom. The summed E-state index contributed by atoms with van der Waals surface area (Å²) in [5.41, 5.74) is 0.149. The first kappa shape index (κ1) is 15.0. The lowest BCUT2D eigenvalue weighted by Gasteiger charge is -2.44. The molecule has 0 radical (unpaired) electrons. The van der Waals surface area contributed by atoms with Crippen LogP contribution in [0, 0.1) is 0 Å². The Bertz CT molecular complexity index is 584. The molecule has 6 nitrogen and oxygen atoms in total. The van der Waals surface area contributed by atoms with E-state index >= 15 is 0 Å². The van der Waals surface area contributed by atoms with E-state index in [-0.39, 0.29) is 16.6 Å². The van der Waals surface area contributed by atoms with E-state index in [1.165, 1.54) is 30.1 Å². The average molecular weight is 312 g/mol. The third-order valence-electron chi connectivity index (χ3n) is 4.81. The molecule has 1 aliphatic heterocycles. The van der Waals surface area contributed by atoms with Crippen LogP contribution < -0.4 is 10.0 Å². The van der Waals surface area contributed by atoms with E-state index in [0.29, 0.717) is 0 Å². The van der Waals surface area contributed by atoms with E-state index in [4.69, 9.17) is 0 Å². The molecule has 118 valence electrons. The van der Waals surface area contributed by atoms with Crippen LogP contribution in [0.3, 0.4) is 0 Å². The fourth-order valence-electron chi connectivity index (χ4n) is 3.77. The molecule has 1 saturated carbocycles. The predicted molar refractivity (Wildman–Crippen MR) is 80.4 cm³/mol. The minimum Gasteiger partial charge on any atom is -0.311 e. The van der Waals surface area contributed by atoms with E-state index in [1.54, 1.807) is 13.1 Å². The smallest absolute Gasteiger partial charge is 0.257 e. The average Bonchev–Trinajstić information content (AvgIpc) is 2.86. The monoisotopic (exact) mass is 312 g/mol. The van der Waals surface area contributed by atoms with Gasteiger partial charge in [-0.15, -0.1) is 0 Å². The third kappa shape index (κ3) is 3.14. The Morgan fingerprint density at radius 1 is 1.38 bits per heavy atom. The van der Waals surface area contributed by atoms with Crippen LogP contribution >= 0.6 is 0 Å². The van der Waals surface area contributed by atoms with E-state index in [2.05, 4.69) is 15.1 Å². The predicted octanol–water partition coefficient (Wildman–Crippen LogP) is 1.15. The first-order chi connectivity index (χ1) is 10.0. The quantitative estimate of drug-likeness (QED) is 0.878. The molecule has 7 heteroatoms. The van der Waals surface area contributed by atoms with E-state index in [9.17, 15) is 8.42 Å². The number of nitrogens with one attached hydrogen (secondary N) is 2. The number of hydrogen-bond donors (Lipinski definition) is 2. The van der Waals surface area contributed by atoms with Crippen LogP contribution in [-0.2, 0) is 17.1 Å². The van der Waals surface area contributed by atoms with Gasteiger partial charge < -0.3 is 5.32 Å². The van der Waals surface area contributed by atoms with Crippen molar-refractivity contribution in [3.8, 4) is 0 Å². The van der Waals surface area contributed by atoms with E-state index in [1.807, 2.05) is 0 Å². The van der Waals surface area contributed by atoms with Crippen molar-refractivity contribution in [1.82, 2.24) is 19.8 Å². The molecular formula is C14H24N4O2S. The summed E-state index contributed by atoms with van der Waals surface area (Å²) < 4.78 is 29.2. The van der Waals surface area contributed by atoms with Gasteiger partial charge in [0.05, 0.1) is 6.20 Å². The second-order valence-corrected chi connectivity index (χ2v) is 8.03. The zero-order chi connectivity index (χ0) is 14.9. The highest BCUT2D eigenvalue weighted by atomic mass is 32.2. The van der Waals surface area contributed by atoms with E-state index < -0.39 is 10.0 Å². The molecule has 1 aromatic heterocycles. The lowest BCUT2D eigenvalue weighted by atomic mass is 9.75. The van der Waals surface area contributed by atoms with E-state index in [0.717, 1.165) is 32.2 Å². The van der Waals surface area contributed by atoms with Gasteiger partial charge in [-0.1, -0.05) is 19.3 Å². The first-order valence-corrected chi connectivity index (χ1v) is 9.25. The van der Waals surface area contributed by atoms with Crippen molar-refractivity contribution in [3.63, 3.8) is 0 Å². The number of aryl methyl sites for hydroxylation is 1. The van der Waals surface area contributed by atoms with Gasteiger partial charge >= 0.3 is 0 Å². The molecular weight excluding hydrogens is 288 g/mol. The zero-order valence-corrected chi connectivity index (χ0v) is 13.3. The minimum absolute atomic E-state index is 0.0178. The Hall–Kier alpha value is -0.920. The third-order valence-corrected chi connectivity index (χ3v) is 6.41. The molecule has 1 unspecified atom stereocenters. The van der Waals surface area contributed by atoms with Crippen LogP contribution in [0.1, 0.15) is 44.9 Å². The zero-order valence-electron chi connectivity index (χ0n) is 12.5. The van der Waals surface area contributed by atoms with Crippen molar-refractivity contribution in [3.05, 3.63) is 12.3 Å². The topological polar surface area (TPSA) is 76.0 Å². The van der Waals surface area contributed by atoms with Gasteiger partial charge in [0.25, 0.3) is 10.0 Å². The minimum atomic E-state index is -3.48. The number of aromatic nitrogens is 2. The molecule has 2 heterocycles. The summed E-state index contributed by atoms with van der Waals surface area (Å²) in [5, 5.41) is 7.82. The van der Waals surface area contributed by atoms with Crippen LogP contribution in [0.5, 0.6) is 0 Å². The molecule has 2 N–H and O–H groups in total. The first-order valence-electron chi connectivity index (χ1n) is 7.76. The van der Waals surface area contributed by atoms with Gasteiger partial charge in [-0.25, -0.2) is 13.1 Å². The second kappa shape index (κ2) is 5.70. The molecule has 0 bridgehead atoms. The lowest BCUT2D eigenvalue weighted by Crippen LogP contribution is -2.57. The fraction of sp³-hybridized carbons (Fsp3) is 0.786. The van der Waals surface area contributed by atoms with Crippen LogP contribution in [0.4, 0.5) is 0 Å². The summed E-state index contributed by atoms with van der Waals surface area (Å²) in [4.78, 5) is 0. The molecule has 2 fully saturated rings. The van der Waals surface area contributed by atoms with Crippen molar-refractivity contribution in [2.45, 2.75) is 61.6 Å². The van der Waals surface area contributed by atoms with Gasteiger partial charge in [-0.3, -0.25) is 4.68 Å². The second-order valence-electron chi connectivity index (χ2n) is 6.37. The van der Waals surface area contributed by atoms with Crippen LogP contribution in [0.25, 0.3) is 0 Å². The normalized spacial score (nSPS) is 26.0. The molecule has 1 aromatic rings. The summed E-state index contributed by atoms with van der Waals surface area (Å²) in [5.74, 6) is 0. The number of rotatable bonds is 3. The number of piperidine rings is 1. The highest BCUT2D eigenvalue weighted by Crippen LogP contribution is 2.34. The highest BCUT2D eigenvalue weighted by molar-refractivity contribution is 7.89. The SMILES string of the molecule is Cn1nccc1S(=O)(=O)NC1CCNC2(CCCCC2)C1. The molecule has 0 amide bonds. The lowest BCUT2D eigenvalue weighted by molar-refractivity contribution is 0.165. The van der Waals surface area contributed by atoms with Gasteiger partial charge in [0, 0.05) is 18.6 Å². The van der Waals surface area contributed by atoms with Gasteiger partial charge in [0.1, 0.15) is 0 Å². The molecule has 1 spiro atoms. The Labute approximate surface area is 126 Å². The Balaban J connectivity index is 1.71. The van der Waals surface area contributed by atoms with Crippen LogP contribution in [0.2, 0.25) is 0 Å². The van der Waals surface area contributed by atoms with Gasteiger partial charge in [0.15, 0.2) is 5.03 Å². The Morgan fingerprint density at radius 2 is 2.14 bits per heavy atom. The molecule has 3 rings (SSSR count). The number of nitrogens with zero attached hydrogens (tertiary/aromatic N) is 2. The number of hydrogen-bond acceptors (Lipinski definition) is 4. The van der Waals surface area contributed by atoms with Crippen molar-refractivity contribution < 1.29 is 8.42 Å². The summed E-state index contributed by atoms with van der Waals surface area (Å²) in [6.45, 7) is 0.887. The van der Waals surface area contributed by atoms with Crippen molar-refractivity contribution in [2.75, 3.05) is 6.54 Å². The summed E-state index contributed by atoms with van der Waals surface area (Å²) in [7, 11) is -1.83. The summed E-state index contributed by atoms with van der Waals surface area (Å²) in [6.07, 6.45) is 9.37. The molecule has 0 aromatic carbocycles. The maximum absolute atomic E-state index is 12.5. The highest BCUT2D eigenvalue weighted by Gasteiger charge is 2.38. The Kier molecular flexibility index (Phi) is 4.07. The molecule has 2 aliphatic rings. The number of sulfonamides is 1. The summed E-state index contributed by atoms with van der Waals surface area (Å²) in [6, 6.07) is 1.56. The van der Waals surface area contributed by atoms with Gasteiger partial charge in [-0.05, 0) is 38.3 Å². The molecule has 1 saturated heterocycles. The van der Waals surface area contributed by atoms with Crippen LogP contribution in [0.15, 0.2) is 17.3 Å². The molecule has 21 heavy (non-hydrogen) atoms. The van der Waals surface area contributed by atoms with Gasteiger partial charge in [0.2, 0.25) is 0 Å². The van der Waals surface area contributed by atoms with Crippen molar-refractivity contribution in [2.24, 2.45) is 7.05 Å². The van der Waals surface area contributed by atoms with Crippen molar-refractivity contribution in [1.29, 1.82) is 0 Å². The largest absolute Gasteiger partial charge is 0.311 e. The van der Waals surface area contributed by atoms with Crippen molar-refractivity contribution >= 4 is 10.0 Å². The molecule has 1 atom stereocenters. The standard InChI is InChI=1S/C14H24N4O2S/c1-18-13(6-10-16-18)21(19,20)17-12-5-9-15-14(11-12)7-3-2-4-8-14/h6,10,12,15,17H,2-5,7-9,11H2,1H3.